The summed E-state index contributed by atoms with van der Waals surface area (Å²) in [6, 6.07) is 16.6. The third-order valence-corrected chi connectivity index (χ3v) is 11.2. The van der Waals surface area contributed by atoms with E-state index in [9.17, 15) is 24.3 Å². The quantitative estimate of drug-likeness (QED) is 0.120. The van der Waals surface area contributed by atoms with Gasteiger partial charge in [-0.2, -0.15) is 0 Å². The Labute approximate surface area is 308 Å². The minimum absolute atomic E-state index is 0.106. The van der Waals surface area contributed by atoms with Gasteiger partial charge in [-0.15, -0.1) is 13.2 Å². The number of hydrogen-bond acceptors (Lipinski definition) is 7. The number of rotatable bonds is 19. The SMILES string of the molecule is C=CCCC(=O)N(C)[C@@H](C)[C@@H](OC(=O)[C@@H]1[C@@H]2CC[C@]3(O2)[C@H](C(=O)N(CC=C)CCCCC)N([C@@H](CO)Cc2ccccc2)C(=O)[C@@H]13)c1ccccc1. The third-order valence-electron chi connectivity index (χ3n) is 11.2. The van der Waals surface area contributed by atoms with Crippen molar-refractivity contribution in [1.82, 2.24) is 14.7 Å². The molecule has 0 radical (unpaired) electrons. The number of allylic oxidation sites excluding steroid dienone is 1. The topological polar surface area (TPSA) is 117 Å². The average Bonchev–Trinajstić information content (AvgIpc) is 3.82. The Hall–Kier alpha value is -4.28. The summed E-state index contributed by atoms with van der Waals surface area (Å²) < 4.78 is 13.1. The molecule has 3 aliphatic rings. The fourth-order valence-corrected chi connectivity index (χ4v) is 8.47. The van der Waals surface area contributed by atoms with Crippen LogP contribution >= 0.6 is 0 Å². The van der Waals surface area contributed by atoms with E-state index < -0.39 is 53.7 Å². The first-order valence-electron chi connectivity index (χ1n) is 18.8. The molecule has 1 spiro atoms. The number of ether oxygens (including phenoxy) is 2. The molecule has 1 N–H and O–H groups in total. The van der Waals surface area contributed by atoms with Crippen LogP contribution in [0.5, 0.6) is 0 Å². The van der Waals surface area contributed by atoms with Gasteiger partial charge in [0.1, 0.15) is 17.7 Å². The van der Waals surface area contributed by atoms with E-state index in [0.717, 1.165) is 24.8 Å². The summed E-state index contributed by atoms with van der Waals surface area (Å²) in [7, 11) is 1.70. The van der Waals surface area contributed by atoms with E-state index >= 15 is 0 Å². The van der Waals surface area contributed by atoms with Crippen molar-refractivity contribution in [3.63, 3.8) is 0 Å². The van der Waals surface area contributed by atoms with E-state index in [-0.39, 0.29) is 30.7 Å². The van der Waals surface area contributed by atoms with Crippen molar-refractivity contribution in [3.05, 3.63) is 97.1 Å². The molecule has 0 saturated carbocycles. The van der Waals surface area contributed by atoms with Gasteiger partial charge < -0.3 is 29.3 Å². The maximum absolute atomic E-state index is 14.9. The zero-order chi connectivity index (χ0) is 37.4. The van der Waals surface area contributed by atoms with Crippen LogP contribution in [0.3, 0.4) is 0 Å². The number of hydrogen-bond donors (Lipinski definition) is 1. The summed E-state index contributed by atoms with van der Waals surface area (Å²) in [5.74, 6) is -3.29. The number of likely N-dealkylation sites (N-methyl/N-ethyl adjacent to an activating group) is 1. The molecule has 3 saturated heterocycles. The molecule has 2 aromatic carbocycles. The molecular weight excluding hydrogens is 658 g/mol. The van der Waals surface area contributed by atoms with E-state index in [0.29, 0.717) is 44.3 Å². The van der Waals surface area contributed by atoms with E-state index in [4.69, 9.17) is 9.47 Å². The Morgan fingerprint density at radius 2 is 1.77 bits per heavy atom. The van der Waals surface area contributed by atoms with Crippen LogP contribution in [-0.4, -0.2) is 100 Å². The maximum Gasteiger partial charge on any atom is 0.313 e. The van der Waals surface area contributed by atoms with Crippen LogP contribution < -0.4 is 0 Å². The molecule has 5 rings (SSSR count). The van der Waals surface area contributed by atoms with Gasteiger partial charge in [-0.05, 0) is 50.2 Å². The fourth-order valence-electron chi connectivity index (χ4n) is 8.47. The molecule has 8 atom stereocenters. The van der Waals surface area contributed by atoms with Crippen molar-refractivity contribution in [2.45, 2.75) is 101 Å². The molecule has 3 aliphatic heterocycles. The summed E-state index contributed by atoms with van der Waals surface area (Å²) >= 11 is 0. The van der Waals surface area contributed by atoms with Crippen molar-refractivity contribution in [2.75, 3.05) is 26.7 Å². The van der Waals surface area contributed by atoms with Crippen LogP contribution in [-0.2, 0) is 35.1 Å². The number of benzene rings is 2. The Balaban J connectivity index is 1.51. The molecule has 2 bridgehead atoms. The predicted octanol–water partition coefficient (Wildman–Crippen LogP) is 5.27. The molecule has 3 amide bonds. The number of aliphatic hydroxyl groups excluding tert-OH is 1. The first-order valence-corrected chi connectivity index (χ1v) is 18.8. The molecule has 0 aliphatic carbocycles. The summed E-state index contributed by atoms with van der Waals surface area (Å²) in [6.07, 6.45) is 6.68. The fraction of sp³-hybridized carbons (Fsp3) is 0.524. The van der Waals surface area contributed by atoms with Gasteiger partial charge in [0.25, 0.3) is 0 Å². The number of aliphatic hydroxyl groups is 1. The van der Waals surface area contributed by atoms with Gasteiger partial charge in [-0.25, -0.2) is 0 Å². The number of unbranched alkanes of at least 4 members (excludes halogenated alkanes) is 2. The molecular formula is C42H55N3O7. The molecule has 3 heterocycles. The minimum Gasteiger partial charge on any atom is -0.455 e. The van der Waals surface area contributed by atoms with Gasteiger partial charge in [-0.1, -0.05) is 92.6 Å². The lowest BCUT2D eigenvalue weighted by Gasteiger charge is -2.39. The average molecular weight is 714 g/mol. The molecule has 52 heavy (non-hydrogen) atoms. The zero-order valence-corrected chi connectivity index (χ0v) is 30.9. The lowest BCUT2D eigenvalue weighted by Crippen LogP contribution is -2.59. The Kier molecular flexibility index (Phi) is 13.1. The Morgan fingerprint density at radius 3 is 2.40 bits per heavy atom. The summed E-state index contributed by atoms with van der Waals surface area (Å²) in [5.41, 5.74) is 0.365. The van der Waals surface area contributed by atoms with Crippen LogP contribution in [0.25, 0.3) is 0 Å². The normalized spacial score (nSPS) is 24.8. The van der Waals surface area contributed by atoms with Crippen LogP contribution in [0.15, 0.2) is 86.0 Å². The predicted molar refractivity (Wildman–Crippen MR) is 199 cm³/mol. The van der Waals surface area contributed by atoms with Gasteiger partial charge in [0.05, 0.1) is 36.6 Å². The number of fused-ring (bicyclic) bond motifs is 1. The van der Waals surface area contributed by atoms with Gasteiger partial charge in [0.15, 0.2) is 0 Å². The number of carbonyl (C=O) groups is 4. The first-order chi connectivity index (χ1) is 25.1. The maximum atomic E-state index is 14.9. The van der Waals surface area contributed by atoms with Crippen molar-refractivity contribution >= 4 is 23.7 Å². The van der Waals surface area contributed by atoms with Crippen LogP contribution in [0, 0.1) is 11.8 Å². The molecule has 280 valence electrons. The third kappa shape index (κ3) is 7.74. The summed E-state index contributed by atoms with van der Waals surface area (Å²) in [5, 5.41) is 10.8. The molecule has 2 aromatic rings. The standard InChI is InChI=1S/C42H55N3O7/c1-6-9-17-26-44(25-8-3)40(49)38-42-24-23-33(52-42)35(36(42)39(48)45(38)32(28-46)27-30-18-13-11-14-19-30)41(50)51-37(31-20-15-12-16-21-31)29(4)43(5)34(47)22-10-7-2/h7-8,11-16,18-21,29,32-33,35-38,46H,2-3,6,9-10,17,22-28H2,1,4-5H3/t29-,32+,33-,35+,36+,37+,38-,42+/m0/s1. The minimum atomic E-state index is -1.26. The van der Waals surface area contributed by atoms with E-state index in [1.807, 2.05) is 67.6 Å². The highest BCUT2D eigenvalue weighted by atomic mass is 16.6. The van der Waals surface area contributed by atoms with Gasteiger partial charge in [0.2, 0.25) is 17.7 Å². The van der Waals surface area contributed by atoms with Crippen LogP contribution in [0.1, 0.15) is 76.0 Å². The highest BCUT2D eigenvalue weighted by Gasteiger charge is 2.75. The molecule has 10 heteroatoms. The monoisotopic (exact) mass is 713 g/mol. The van der Waals surface area contributed by atoms with Crippen LogP contribution in [0.2, 0.25) is 0 Å². The second-order valence-electron chi connectivity index (χ2n) is 14.4. The number of amides is 3. The van der Waals surface area contributed by atoms with E-state index in [1.165, 1.54) is 4.90 Å². The van der Waals surface area contributed by atoms with Gasteiger partial charge in [-0.3, -0.25) is 19.2 Å². The summed E-state index contributed by atoms with van der Waals surface area (Å²) in [4.78, 5) is 62.2. The molecule has 3 fully saturated rings. The van der Waals surface area contributed by atoms with Gasteiger partial charge in [0, 0.05) is 26.6 Å². The largest absolute Gasteiger partial charge is 0.455 e. The number of nitrogens with zero attached hydrogens (tertiary/aromatic N) is 3. The Morgan fingerprint density at radius 1 is 1.08 bits per heavy atom. The highest BCUT2D eigenvalue weighted by Crippen LogP contribution is 2.59. The molecule has 10 nitrogen and oxygen atoms in total. The number of carbonyl (C=O) groups excluding carboxylic acids is 4. The van der Waals surface area contributed by atoms with Crippen molar-refractivity contribution in [3.8, 4) is 0 Å². The second-order valence-corrected chi connectivity index (χ2v) is 14.4. The first kappa shape index (κ1) is 38.9. The van der Waals surface area contributed by atoms with Gasteiger partial charge >= 0.3 is 5.97 Å². The van der Waals surface area contributed by atoms with Crippen molar-refractivity contribution < 1.29 is 33.8 Å². The van der Waals surface area contributed by atoms with Crippen LogP contribution in [0.4, 0.5) is 0 Å². The highest BCUT2D eigenvalue weighted by molar-refractivity contribution is 5.98. The molecule has 0 aromatic heterocycles. The lowest BCUT2D eigenvalue weighted by molar-refractivity contribution is -0.165. The van der Waals surface area contributed by atoms with E-state index in [1.54, 1.807) is 29.0 Å². The molecule has 0 unspecified atom stereocenters. The van der Waals surface area contributed by atoms with E-state index in [2.05, 4.69) is 20.1 Å². The summed E-state index contributed by atoms with van der Waals surface area (Å²) in [6.45, 7) is 12.0. The van der Waals surface area contributed by atoms with Crippen molar-refractivity contribution in [1.29, 1.82) is 0 Å². The smallest absolute Gasteiger partial charge is 0.313 e. The van der Waals surface area contributed by atoms with Crippen molar-refractivity contribution in [2.24, 2.45) is 11.8 Å². The second kappa shape index (κ2) is 17.5. The zero-order valence-electron chi connectivity index (χ0n) is 30.9. The Bertz CT molecular complexity index is 1570. The number of esters is 1. The number of likely N-dealkylation sites (tertiary alicyclic amines) is 1. The lowest BCUT2D eigenvalue weighted by atomic mass is 9.70.